The monoisotopic (exact) mass is 366 g/mol. The fraction of sp³-hybridized carbons (Fsp3) is 0.938. The Kier molecular flexibility index (Phi) is 8.44. The molecule has 2 N–H and O–H groups in total. The Hall–Kier alpha value is -0.130. The first-order valence-corrected chi connectivity index (χ1v) is 8.56. The number of halogens is 1. The number of alkyl halides is 1. The van der Waals surface area contributed by atoms with Gasteiger partial charge in [0.1, 0.15) is 0 Å². The van der Waals surface area contributed by atoms with E-state index in [1.165, 1.54) is 0 Å². The minimum absolute atomic E-state index is 0.0431. The van der Waals surface area contributed by atoms with E-state index in [2.05, 4.69) is 36.7 Å². The lowest BCUT2D eigenvalue weighted by Gasteiger charge is -2.33. The van der Waals surface area contributed by atoms with Crippen LogP contribution in [0.15, 0.2) is 0 Å². The smallest absolute Gasteiger partial charge is 0.308 e. The van der Waals surface area contributed by atoms with Crippen LogP contribution >= 0.6 is 15.9 Å². The summed E-state index contributed by atoms with van der Waals surface area (Å²) >= 11 is 3.44. The summed E-state index contributed by atoms with van der Waals surface area (Å²) in [5.41, 5.74) is -0.223. The summed E-state index contributed by atoms with van der Waals surface area (Å²) in [4.78, 5) is 11.9. The van der Waals surface area contributed by atoms with Gasteiger partial charge in [-0.1, -0.05) is 57.5 Å². The summed E-state index contributed by atoms with van der Waals surface area (Å²) in [7, 11) is 0. The molecule has 0 saturated carbocycles. The van der Waals surface area contributed by atoms with E-state index in [9.17, 15) is 15.0 Å². The average molecular weight is 367 g/mol. The zero-order valence-corrected chi connectivity index (χ0v) is 15.7. The third-order valence-corrected chi connectivity index (χ3v) is 4.79. The quantitative estimate of drug-likeness (QED) is 0.536. The van der Waals surface area contributed by atoms with Gasteiger partial charge < -0.3 is 14.9 Å². The Morgan fingerprint density at radius 2 is 1.67 bits per heavy atom. The molecule has 0 aliphatic rings. The maximum Gasteiger partial charge on any atom is 0.308 e. The van der Waals surface area contributed by atoms with E-state index in [1.807, 2.05) is 20.8 Å². The van der Waals surface area contributed by atoms with Crippen molar-refractivity contribution in [2.75, 3.05) is 18.5 Å². The molecule has 3 unspecified atom stereocenters. The lowest BCUT2D eigenvalue weighted by molar-refractivity contribution is -0.149. The zero-order chi connectivity index (χ0) is 16.8. The Bertz CT molecular complexity index is 317. The number of ether oxygens (including phenoxy) is 1. The topological polar surface area (TPSA) is 66.8 Å². The fourth-order valence-corrected chi connectivity index (χ4v) is 3.22. The van der Waals surface area contributed by atoms with E-state index in [1.54, 1.807) is 0 Å². The Balaban J connectivity index is 4.44. The first-order valence-electron chi connectivity index (χ1n) is 7.44. The van der Waals surface area contributed by atoms with Crippen LogP contribution in [0.25, 0.3) is 0 Å². The Morgan fingerprint density at radius 3 is 2.00 bits per heavy atom. The van der Waals surface area contributed by atoms with Crippen molar-refractivity contribution in [3.63, 3.8) is 0 Å². The SMILES string of the molecule is CC(C)(C)C(CBr)COC(=O)CC(O)C(CO)C(C)(C)C. The molecule has 0 bridgehead atoms. The van der Waals surface area contributed by atoms with E-state index >= 15 is 0 Å². The molecule has 21 heavy (non-hydrogen) atoms. The molecule has 126 valence electrons. The minimum atomic E-state index is -0.889. The van der Waals surface area contributed by atoms with Gasteiger partial charge in [0.15, 0.2) is 0 Å². The molecule has 0 aromatic carbocycles. The number of hydrogen-bond acceptors (Lipinski definition) is 4. The van der Waals surface area contributed by atoms with Gasteiger partial charge in [-0.05, 0) is 10.8 Å². The van der Waals surface area contributed by atoms with Crippen LogP contribution < -0.4 is 0 Å². The molecule has 0 aliphatic carbocycles. The molecule has 0 heterocycles. The fourth-order valence-electron chi connectivity index (χ4n) is 2.06. The van der Waals surface area contributed by atoms with Gasteiger partial charge in [0, 0.05) is 23.8 Å². The lowest BCUT2D eigenvalue weighted by atomic mass is 9.77. The maximum absolute atomic E-state index is 11.9. The van der Waals surface area contributed by atoms with E-state index in [-0.39, 0.29) is 35.7 Å². The molecule has 5 heteroatoms. The highest BCUT2D eigenvalue weighted by atomic mass is 79.9. The molecule has 0 saturated heterocycles. The van der Waals surface area contributed by atoms with Crippen molar-refractivity contribution in [1.82, 2.24) is 0 Å². The second-order valence-electron chi connectivity index (χ2n) is 7.83. The number of esters is 1. The summed E-state index contributed by atoms with van der Waals surface area (Å²) in [5, 5.41) is 20.3. The third kappa shape index (κ3) is 7.61. The lowest BCUT2D eigenvalue weighted by Crippen LogP contribution is -2.37. The molecule has 4 nitrogen and oxygen atoms in total. The molecular weight excluding hydrogens is 336 g/mol. The minimum Gasteiger partial charge on any atom is -0.465 e. The van der Waals surface area contributed by atoms with Gasteiger partial charge >= 0.3 is 5.97 Å². The standard InChI is InChI=1S/C16H31BrO4/c1-15(2,3)11(8-17)10-21-14(20)7-13(19)12(9-18)16(4,5)6/h11-13,18-19H,7-10H2,1-6H3. The summed E-state index contributed by atoms with van der Waals surface area (Å²) < 4.78 is 5.29. The molecule has 0 spiro atoms. The van der Waals surface area contributed by atoms with Gasteiger partial charge in [0.25, 0.3) is 0 Å². The number of carbonyl (C=O) groups excluding carboxylic acids is 1. The normalized spacial score (nSPS) is 17.2. The number of hydrogen-bond donors (Lipinski definition) is 2. The van der Waals surface area contributed by atoms with E-state index in [0.717, 1.165) is 5.33 Å². The molecule has 0 rings (SSSR count). The van der Waals surface area contributed by atoms with E-state index < -0.39 is 12.1 Å². The molecule has 0 aromatic heterocycles. The van der Waals surface area contributed by atoms with Gasteiger partial charge in [-0.3, -0.25) is 4.79 Å². The van der Waals surface area contributed by atoms with Crippen LogP contribution in [0.2, 0.25) is 0 Å². The second-order valence-corrected chi connectivity index (χ2v) is 8.47. The maximum atomic E-state index is 11.9. The van der Waals surface area contributed by atoms with Crippen LogP contribution in [0.3, 0.4) is 0 Å². The van der Waals surface area contributed by atoms with Crippen LogP contribution in [0, 0.1) is 22.7 Å². The molecule has 0 aromatic rings. The summed E-state index contributed by atoms with van der Waals surface area (Å²) in [5.74, 6) is -0.546. The Morgan fingerprint density at radius 1 is 1.14 bits per heavy atom. The zero-order valence-electron chi connectivity index (χ0n) is 14.1. The van der Waals surface area contributed by atoms with Crippen molar-refractivity contribution < 1.29 is 19.7 Å². The highest BCUT2D eigenvalue weighted by Crippen LogP contribution is 2.30. The van der Waals surface area contributed by atoms with Crippen molar-refractivity contribution in [1.29, 1.82) is 0 Å². The summed E-state index contributed by atoms with van der Waals surface area (Å²) in [6, 6.07) is 0. The largest absolute Gasteiger partial charge is 0.465 e. The molecule has 3 atom stereocenters. The van der Waals surface area contributed by atoms with Crippen LogP contribution in [0.1, 0.15) is 48.0 Å². The molecule has 0 amide bonds. The van der Waals surface area contributed by atoms with Crippen molar-refractivity contribution in [2.24, 2.45) is 22.7 Å². The second kappa shape index (κ2) is 8.49. The van der Waals surface area contributed by atoms with E-state index in [0.29, 0.717) is 6.61 Å². The average Bonchev–Trinajstić information content (AvgIpc) is 2.26. The van der Waals surface area contributed by atoms with E-state index in [4.69, 9.17) is 4.74 Å². The van der Waals surface area contributed by atoms with Crippen LogP contribution in [0.5, 0.6) is 0 Å². The molecule has 0 radical (unpaired) electrons. The van der Waals surface area contributed by atoms with Crippen molar-refractivity contribution in [3.05, 3.63) is 0 Å². The van der Waals surface area contributed by atoms with Crippen LogP contribution in [0.4, 0.5) is 0 Å². The highest BCUT2D eigenvalue weighted by molar-refractivity contribution is 9.09. The van der Waals surface area contributed by atoms with Crippen LogP contribution in [-0.4, -0.2) is 40.8 Å². The van der Waals surface area contributed by atoms with Gasteiger partial charge in [-0.2, -0.15) is 0 Å². The first kappa shape index (κ1) is 20.9. The van der Waals surface area contributed by atoms with Crippen molar-refractivity contribution in [2.45, 2.75) is 54.1 Å². The van der Waals surface area contributed by atoms with Gasteiger partial charge in [-0.15, -0.1) is 0 Å². The summed E-state index contributed by atoms with van der Waals surface area (Å²) in [6.07, 6.45) is -0.971. The number of carbonyl (C=O) groups is 1. The number of rotatable bonds is 7. The predicted octanol–water partition coefficient (Wildman–Crippen LogP) is 2.99. The highest BCUT2D eigenvalue weighted by Gasteiger charge is 2.32. The molecule has 0 aliphatic heterocycles. The van der Waals surface area contributed by atoms with Gasteiger partial charge in [0.2, 0.25) is 0 Å². The molecule has 0 fully saturated rings. The Labute approximate surface area is 137 Å². The number of aliphatic hydroxyl groups is 2. The first-order chi connectivity index (χ1) is 9.43. The third-order valence-electron chi connectivity index (χ3n) is 4.01. The molecular formula is C16H31BrO4. The summed E-state index contributed by atoms with van der Waals surface area (Å²) in [6.45, 7) is 12.3. The van der Waals surface area contributed by atoms with Crippen LogP contribution in [-0.2, 0) is 9.53 Å². The van der Waals surface area contributed by atoms with Crippen molar-refractivity contribution >= 4 is 21.9 Å². The van der Waals surface area contributed by atoms with Crippen molar-refractivity contribution in [3.8, 4) is 0 Å². The van der Waals surface area contributed by atoms with Gasteiger partial charge in [-0.25, -0.2) is 0 Å². The number of aliphatic hydroxyl groups excluding tert-OH is 2. The predicted molar refractivity (Wildman–Crippen MR) is 88.4 cm³/mol. The van der Waals surface area contributed by atoms with Gasteiger partial charge in [0.05, 0.1) is 19.1 Å².